The van der Waals surface area contributed by atoms with Gasteiger partial charge in [-0.1, -0.05) is 18.2 Å². The van der Waals surface area contributed by atoms with Crippen LogP contribution in [-0.2, 0) is 4.79 Å². The quantitative estimate of drug-likeness (QED) is 0.673. The van der Waals surface area contributed by atoms with Gasteiger partial charge in [-0.05, 0) is 49.8 Å². The van der Waals surface area contributed by atoms with Crippen LogP contribution in [0.5, 0.6) is 0 Å². The monoisotopic (exact) mass is 422 g/mol. The van der Waals surface area contributed by atoms with Crippen LogP contribution in [0.15, 0.2) is 52.6 Å². The van der Waals surface area contributed by atoms with E-state index in [1.54, 1.807) is 36.1 Å². The van der Waals surface area contributed by atoms with Crippen molar-refractivity contribution in [1.82, 2.24) is 14.9 Å². The van der Waals surface area contributed by atoms with Gasteiger partial charge in [0.25, 0.3) is 11.5 Å². The molecule has 7 nitrogen and oxygen atoms in total. The number of amides is 2. The molecule has 30 heavy (non-hydrogen) atoms. The van der Waals surface area contributed by atoms with Gasteiger partial charge in [-0.3, -0.25) is 14.4 Å². The molecule has 1 atom stereocenters. The second kappa shape index (κ2) is 8.62. The maximum absolute atomic E-state index is 13.0. The Hall–Kier alpha value is -3.26. The highest BCUT2D eigenvalue weighted by atomic mass is 32.1. The molecule has 2 amide bonds. The van der Waals surface area contributed by atoms with E-state index in [1.165, 1.54) is 17.4 Å². The van der Waals surface area contributed by atoms with Gasteiger partial charge in [0.1, 0.15) is 11.9 Å². The van der Waals surface area contributed by atoms with E-state index >= 15 is 0 Å². The summed E-state index contributed by atoms with van der Waals surface area (Å²) in [4.78, 5) is 47.0. The van der Waals surface area contributed by atoms with Crippen LogP contribution >= 0.6 is 11.3 Å². The fourth-order valence-corrected chi connectivity index (χ4v) is 4.35. The number of hydrogen-bond acceptors (Lipinski definition) is 5. The third kappa shape index (κ3) is 4.33. The maximum atomic E-state index is 13.0. The van der Waals surface area contributed by atoms with E-state index in [2.05, 4.69) is 15.3 Å². The normalized spacial score (nSPS) is 16.3. The Morgan fingerprint density at radius 1 is 1.20 bits per heavy atom. The van der Waals surface area contributed by atoms with Gasteiger partial charge in [0, 0.05) is 29.6 Å². The molecule has 0 aliphatic carbocycles. The number of hydrogen-bond donors (Lipinski definition) is 2. The first-order chi connectivity index (χ1) is 14.5. The van der Waals surface area contributed by atoms with Gasteiger partial charge in [0.2, 0.25) is 5.91 Å². The van der Waals surface area contributed by atoms with E-state index in [0.717, 1.165) is 12.8 Å². The highest BCUT2D eigenvalue weighted by Gasteiger charge is 2.33. The Balaban J connectivity index is 1.54. The number of nitrogens with one attached hydrogen (secondary N) is 2. The summed E-state index contributed by atoms with van der Waals surface area (Å²) in [6.45, 7) is 2.33. The minimum atomic E-state index is -0.506. The number of carbonyl (C=O) groups is 2. The molecule has 2 N–H and O–H groups in total. The van der Waals surface area contributed by atoms with Crippen LogP contribution in [0, 0.1) is 6.92 Å². The summed E-state index contributed by atoms with van der Waals surface area (Å²) in [5.74, 6) is 0.144. The van der Waals surface area contributed by atoms with Crippen molar-refractivity contribution in [3.63, 3.8) is 0 Å². The second-order valence-corrected chi connectivity index (χ2v) is 8.24. The first kappa shape index (κ1) is 20.0. The molecule has 1 aliphatic heterocycles. The summed E-state index contributed by atoms with van der Waals surface area (Å²) in [6, 6.07) is 11.7. The van der Waals surface area contributed by atoms with Crippen molar-refractivity contribution in [2.24, 2.45) is 0 Å². The van der Waals surface area contributed by atoms with Crippen LogP contribution in [0.3, 0.4) is 0 Å². The molecule has 154 valence electrons. The molecule has 3 heterocycles. The highest BCUT2D eigenvalue weighted by molar-refractivity contribution is 7.12. The fraction of sp³-hybridized carbons (Fsp3) is 0.273. The molecule has 1 unspecified atom stereocenters. The second-order valence-electron chi connectivity index (χ2n) is 7.29. The average Bonchev–Trinajstić information content (AvgIpc) is 3.27. The lowest BCUT2D eigenvalue weighted by Gasteiger charge is -2.34. The van der Waals surface area contributed by atoms with Crippen LogP contribution < -0.4 is 10.9 Å². The summed E-state index contributed by atoms with van der Waals surface area (Å²) in [7, 11) is 0. The minimum Gasteiger partial charge on any atom is -0.326 e. The van der Waals surface area contributed by atoms with E-state index in [0.29, 0.717) is 40.6 Å². The molecule has 1 fully saturated rings. The number of benzene rings is 1. The third-order valence-electron chi connectivity index (χ3n) is 5.07. The predicted octanol–water partition coefficient (Wildman–Crippen LogP) is 3.44. The number of aromatic amines is 1. The lowest BCUT2D eigenvalue weighted by molar-refractivity contribution is -0.121. The lowest BCUT2D eigenvalue weighted by Crippen LogP contribution is -2.49. The van der Waals surface area contributed by atoms with E-state index in [4.69, 9.17) is 0 Å². The van der Waals surface area contributed by atoms with Crippen LogP contribution in [-0.4, -0.2) is 39.3 Å². The van der Waals surface area contributed by atoms with Crippen LogP contribution in [0.1, 0.15) is 34.6 Å². The number of rotatable bonds is 4. The summed E-state index contributed by atoms with van der Waals surface area (Å²) >= 11 is 1.39. The van der Waals surface area contributed by atoms with Crippen molar-refractivity contribution in [3.8, 4) is 11.4 Å². The van der Waals surface area contributed by atoms with Gasteiger partial charge in [-0.15, -0.1) is 11.3 Å². The number of aromatic nitrogens is 2. The largest absolute Gasteiger partial charge is 0.326 e. The van der Waals surface area contributed by atoms with Crippen molar-refractivity contribution in [3.05, 3.63) is 68.8 Å². The molecule has 0 radical (unpaired) electrons. The van der Waals surface area contributed by atoms with Crippen molar-refractivity contribution in [2.45, 2.75) is 32.2 Å². The van der Waals surface area contributed by atoms with Crippen molar-refractivity contribution < 1.29 is 9.59 Å². The maximum Gasteiger partial charge on any atom is 0.264 e. The summed E-state index contributed by atoms with van der Waals surface area (Å²) < 4.78 is 0. The Bertz CT molecular complexity index is 1120. The number of thiophene rings is 1. The number of aryl methyl sites for hydroxylation is 1. The summed E-state index contributed by atoms with van der Waals surface area (Å²) in [6.07, 6.45) is 2.43. The summed E-state index contributed by atoms with van der Waals surface area (Å²) in [5, 5.41) is 4.79. The first-order valence-electron chi connectivity index (χ1n) is 9.85. The standard InChI is InChI=1S/C22H22N4O3S/c1-14-12-19(27)25-20(23-14)15-6-4-7-16(13-15)24-21(28)17-8-2-3-10-26(17)22(29)18-9-5-11-30-18/h4-7,9,11-13,17H,2-3,8,10H2,1H3,(H,24,28)(H,23,25,27). The van der Waals surface area contributed by atoms with Gasteiger partial charge in [-0.2, -0.15) is 0 Å². The molecule has 2 aromatic heterocycles. The molecule has 8 heteroatoms. The number of carbonyl (C=O) groups excluding carboxylic acids is 2. The molecule has 0 saturated carbocycles. The summed E-state index contributed by atoms with van der Waals surface area (Å²) in [5.41, 5.74) is 1.68. The Morgan fingerprint density at radius 3 is 2.83 bits per heavy atom. The van der Waals surface area contributed by atoms with Crippen LogP contribution in [0.25, 0.3) is 11.4 Å². The number of H-pyrrole nitrogens is 1. The molecule has 3 aromatic rings. The molecular weight excluding hydrogens is 400 g/mol. The number of anilines is 1. The van der Waals surface area contributed by atoms with Gasteiger partial charge in [-0.25, -0.2) is 4.98 Å². The minimum absolute atomic E-state index is 0.0971. The van der Waals surface area contributed by atoms with Gasteiger partial charge >= 0.3 is 0 Å². The molecule has 1 saturated heterocycles. The number of nitrogens with zero attached hydrogens (tertiary/aromatic N) is 2. The van der Waals surface area contributed by atoms with Crippen molar-refractivity contribution >= 4 is 28.8 Å². The average molecular weight is 423 g/mol. The van der Waals surface area contributed by atoms with E-state index < -0.39 is 6.04 Å². The van der Waals surface area contributed by atoms with Crippen molar-refractivity contribution in [2.75, 3.05) is 11.9 Å². The lowest BCUT2D eigenvalue weighted by atomic mass is 10.0. The third-order valence-corrected chi connectivity index (χ3v) is 5.93. The molecular formula is C22H22N4O3S. The Kier molecular flexibility index (Phi) is 5.76. The van der Waals surface area contributed by atoms with Crippen LogP contribution in [0.4, 0.5) is 5.69 Å². The SMILES string of the molecule is Cc1cc(=O)[nH]c(-c2cccc(NC(=O)C3CCCCN3C(=O)c3cccs3)c2)n1. The smallest absolute Gasteiger partial charge is 0.264 e. The zero-order chi connectivity index (χ0) is 21.1. The molecule has 4 rings (SSSR count). The first-order valence-corrected chi connectivity index (χ1v) is 10.7. The van der Waals surface area contributed by atoms with E-state index in [9.17, 15) is 14.4 Å². The number of likely N-dealkylation sites (tertiary alicyclic amines) is 1. The molecule has 1 aliphatic rings. The molecule has 0 spiro atoms. The Morgan fingerprint density at radius 2 is 2.07 bits per heavy atom. The Labute approximate surface area is 177 Å². The van der Waals surface area contributed by atoms with Crippen molar-refractivity contribution in [1.29, 1.82) is 0 Å². The number of piperidine rings is 1. The topological polar surface area (TPSA) is 95.2 Å². The van der Waals surface area contributed by atoms with Gasteiger partial charge in [0.05, 0.1) is 4.88 Å². The predicted molar refractivity (Wildman–Crippen MR) is 117 cm³/mol. The molecule has 1 aromatic carbocycles. The van der Waals surface area contributed by atoms with E-state index in [1.807, 2.05) is 17.5 Å². The fourth-order valence-electron chi connectivity index (χ4n) is 3.67. The van der Waals surface area contributed by atoms with E-state index in [-0.39, 0.29) is 17.4 Å². The highest BCUT2D eigenvalue weighted by Crippen LogP contribution is 2.24. The zero-order valence-corrected chi connectivity index (χ0v) is 17.4. The molecule has 0 bridgehead atoms. The van der Waals surface area contributed by atoms with Gasteiger partial charge in [0.15, 0.2) is 0 Å². The zero-order valence-electron chi connectivity index (χ0n) is 16.6. The van der Waals surface area contributed by atoms with Gasteiger partial charge < -0.3 is 15.2 Å². The van der Waals surface area contributed by atoms with Crippen LogP contribution in [0.2, 0.25) is 0 Å².